The van der Waals surface area contributed by atoms with E-state index in [1.54, 1.807) is 0 Å². The SMILES string of the molecule is O=c1[nH]cnc2c([N+](=O)[O-])c(OC(F)F)c([N+](=O)[O-])cc12. The number of hydrogen-bond acceptors (Lipinski definition) is 7. The van der Waals surface area contributed by atoms with Gasteiger partial charge in [0.15, 0.2) is 5.52 Å². The third kappa shape index (κ3) is 2.45. The molecule has 0 bridgehead atoms. The van der Waals surface area contributed by atoms with Crippen molar-refractivity contribution in [2.75, 3.05) is 0 Å². The molecule has 1 heterocycles. The first-order valence-electron chi connectivity index (χ1n) is 5.11. The number of aromatic nitrogens is 2. The second kappa shape index (κ2) is 5.07. The molecule has 1 N–H and O–H groups in total. The van der Waals surface area contributed by atoms with Crippen molar-refractivity contribution < 1.29 is 23.4 Å². The molecule has 0 radical (unpaired) electrons. The number of fused-ring (bicyclic) bond motifs is 1. The average Bonchev–Trinajstić information content (AvgIpc) is 2.36. The lowest BCUT2D eigenvalue weighted by molar-refractivity contribution is -0.396. The predicted molar refractivity (Wildman–Crippen MR) is 62.3 cm³/mol. The largest absolute Gasteiger partial charge is 0.420 e. The van der Waals surface area contributed by atoms with E-state index in [-0.39, 0.29) is 0 Å². The Balaban J connectivity index is 2.99. The van der Waals surface area contributed by atoms with Crippen LogP contribution in [0.1, 0.15) is 0 Å². The van der Waals surface area contributed by atoms with Crippen molar-refractivity contribution >= 4 is 22.3 Å². The zero-order valence-electron chi connectivity index (χ0n) is 9.78. The summed E-state index contributed by atoms with van der Waals surface area (Å²) in [5.74, 6) is -1.26. The summed E-state index contributed by atoms with van der Waals surface area (Å²) in [6.07, 6.45) is 0.801. The molecule has 12 heteroatoms. The zero-order chi connectivity index (χ0) is 15.7. The zero-order valence-corrected chi connectivity index (χ0v) is 9.78. The molecule has 0 amide bonds. The first kappa shape index (κ1) is 14.2. The number of nitrogens with zero attached hydrogens (tertiary/aromatic N) is 3. The van der Waals surface area contributed by atoms with Gasteiger partial charge in [0.25, 0.3) is 11.3 Å². The number of benzene rings is 1. The lowest BCUT2D eigenvalue weighted by Gasteiger charge is -2.07. The van der Waals surface area contributed by atoms with E-state index in [0.29, 0.717) is 6.07 Å². The van der Waals surface area contributed by atoms with Gasteiger partial charge in [0.2, 0.25) is 0 Å². The van der Waals surface area contributed by atoms with Gasteiger partial charge < -0.3 is 9.72 Å². The molecule has 1 aromatic heterocycles. The van der Waals surface area contributed by atoms with Crippen LogP contribution >= 0.6 is 0 Å². The maximum absolute atomic E-state index is 12.3. The van der Waals surface area contributed by atoms with E-state index >= 15 is 0 Å². The Kier molecular flexibility index (Phi) is 3.44. The Labute approximate surface area is 112 Å². The van der Waals surface area contributed by atoms with Crippen LogP contribution in [0.2, 0.25) is 0 Å². The molecule has 0 saturated heterocycles. The Hall–Kier alpha value is -3.18. The van der Waals surface area contributed by atoms with Crippen molar-refractivity contribution in [2.45, 2.75) is 6.61 Å². The normalized spacial score (nSPS) is 10.8. The highest BCUT2D eigenvalue weighted by Gasteiger charge is 2.34. The van der Waals surface area contributed by atoms with E-state index < -0.39 is 50.0 Å². The highest BCUT2D eigenvalue weighted by Crippen LogP contribution is 2.41. The standard InChI is InChI=1S/C9H4F2N4O6/c10-9(11)21-7-4(14(17)18)1-3-5(6(7)15(19)20)12-2-13-8(3)16/h1-2,9H,(H,12,13,16). The van der Waals surface area contributed by atoms with Crippen molar-refractivity contribution in [3.05, 3.63) is 43.0 Å². The van der Waals surface area contributed by atoms with Crippen LogP contribution in [0, 0.1) is 20.2 Å². The summed E-state index contributed by atoms with van der Waals surface area (Å²) in [5.41, 5.74) is -3.79. The van der Waals surface area contributed by atoms with Gasteiger partial charge in [-0.2, -0.15) is 8.78 Å². The molecular weight excluding hydrogens is 298 g/mol. The van der Waals surface area contributed by atoms with E-state index in [4.69, 9.17) is 0 Å². The van der Waals surface area contributed by atoms with Gasteiger partial charge in [-0.15, -0.1) is 0 Å². The molecule has 1 aromatic carbocycles. The number of nitro groups is 2. The quantitative estimate of drug-likeness (QED) is 0.663. The number of hydrogen-bond donors (Lipinski definition) is 1. The molecule has 2 aromatic rings. The summed E-state index contributed by atoms with van der Waals surface area (Å²) in [6, 6.07) is 0.589. The number of aromatic amines is 1. The van der Waals surface area contributed by atoms with Gasteiger partial charge in [-0.1, -0.05) is 0 Å². The lowest BCUT2D eigenvalue weighted by Crippen LogP contribution is -2.12. The molecule has 0 atom stereocenters. The third-order valence-corrected chi connectivity index (χ3v) is 2.43. The van der Waals surface area contributed by atoms with Crippen molar-refractivity contribution in [2.24, 2.45) is 0 Å². The molecule has 0 unspecified atom stereocenters. The Bertz CT molecular complexity index is 805. The van der Waals surface area contributed by atoms with Crippen LogP contribution in [0.3, 0.4) is 0 Å². The summed E-state index contributed by atoms with van der Waals surface area (Å²) in [5, 5.41) is 21.4. The Morgan fingerprint density at radius 3 is 2.48 bits per heavy atom. The van der Waals surface area contributed by atoms with E-state index in [0.717, 1.165) is 6.33 Å². The molecule has 0 aliphatic rings. The number of ether oxygens (including phenoxy) is 1. The van der Waals surface area contributed by atoms with Crippen LogP contribution in [0.25, 0.3) is 10.9 Å². The first-order chi connectivity index (χ1) is 9.82. The number of halogens is 2. The van der Waals surface area contributed by atoms with Gasteiger partial charge in [0.1, 0.15) is 0 Å². The number of H-pyrrole nitrogens is 1. The van der Waals surface area contributed by atoms with Crippen LogP contribution in [-0.2, 0) is 0 Å². The average molecular weight is 302 g/mol. The number of rotatable bonds is 4. The second-order valence-corrected chi connectivity index (χ2v) is 3.59. The summed E-state index contributed by atoms with van der Waals surface area (Å²) >= 11 is 0. The van der Waals surface area contributed by atoms with Gasteiger partial charge >= 0.3 is 18.0 Å². The summed E-state index contributed by atoms with van der Waals surface area (Å²) < 4.78 is 28.5. The fraction of sp³-hybridized carbons (Fsp3) is 0.111. The maximum atomic E-state index is 12.3. The monoisotopic (exact) mass is 302 g/mol. The van der Waals surface area contributed by atoms with Gasteiger partial charge in [0.05, 0.1) is 21.6 Å². The van der Waals surface area contributed by atoms with Crippen LogP contribution in [0.5, 0.6) is 5.75 Å². The minimum absolute atomic E-state index is 0.488. The summed E-state index contributed by atoms with van der Waals surface area (Å²) in [6.45, 7) is -3.53. The second-order valence-electron chi connectivity index (χ2n) is 3.59. The summed E-state index contributed by atoms with van der Waals surface area (Å²) in [4.78, 5) is 36.6. The molecule has 0 aliphatic heterocycles. The van der Waals surface area contributed by atoms with Crippen LogP contribution in [-0.4, -0.2) is 26.4 Å². The molecule has 0 fully saturated rings. The molecule has 110 valence electrons. The topological polar surface area (TPSA) is 141 Å². The van der Waals surface area contributed by atoms with Crippen molar-refractivity contribution in [3.8, 4) is 5.75 Å². The highest BCUT2D eigenvalue weighted by atomic mass is 19.3. The minimum Gasteiger partial charge on any atom is -0.420 e. The number of nitro benzene ring substituents is 2. The molecule has 2 rings (SSSR count). The minimum atomic E-state index is -3.53. The molecule has 0 spiro atoms. The van der Waals surface area contributed by atoms with E-state index in [1.807, 2.05) is 0 Å². The smallest absolute Gasteiger partial charge is 0.387 e. The highest BCUT2D eigenvalue weighted by molar-refractivity contribution is 5.93. The van der Waals surface area contributed by atoms with Crippen LogP contribution < -0.4 is 10.3 Å². The van der Waals surface area contributed by atoms with Crippen LogP contribution in [0.15, 0.2) is 17.2 Å². The van der Waals surface area contributed by atoms with Gasteiger partial charge in [-0.25, -0.2) is 4.98 Å². The molecule has 0 saturated carbocycles. The number of nitrogens with one attached hydrogen (secondary N) is 1. The lowest BCUT2D eigenvalue weighted by atomic mass is 10.1. The van der Waals surface area contributed by atoms with Gasteiger partial charge in [0, 0.05) is 6.07 Å². The summed E-state index contributed by atoms with van der Waals surface area (Å²) in [7, 11) is 0. The van der Waals surface area contributed by atoms with E-state index in [9.17, 15) is 33.8 Å². The fourth-order valence-corrected chi connectivity index (χ4v) is 1.67. The molecule has 0 aliphatic carbocycles. The van der Waals surface area contributed by atoms with Gasteiger partial charge in [-0.3, -0.25) is 25.0 Å². The van der Waals surface area contributed by atoms with Crippen molar-refractivity contribution in [1.82, 2.24) is 9.97 Å². The van der Waals surface area contributed by atoms with Gasteiger partial charge in [-0.05, 0) is 0 Å². The molecular formula is C9H4F2N4O6. The Morgan fingerprint density at radius 2 is 1.95 bits per heavy atom. The van der Waals surface area contributed by atoms with Crippen LogP contribution in [0.4, 0.5) is 20.2 Å². The predicted octanol–water partition coefficient (Wildman–Crippen LogP) is 1.34. The molecule has 10 nitrogen and oxygen atoms in total. The molecule has 21 heavy (non-hydrogen) atoms. The maximum Gasteiger partial charge on any atom is 0.387 e. The van der Waals surface area contributed by atoms with E-state index in [1.165, 1.54) is 0 Å². The third-order valence-electron chi connectivity index (χ3n) is 2.43. The number of alkyl halides is 2. The van der Waals surface area contributed by atoms with Crippen molar-refractivity contribution in [1.29, 1.82) is 0 Å². The van der Waals surface area contributed by atoms with Crippen molar-refractivity contribution in [3.63, 3.8) is 0 Å². The first-order valence-corrected chi connectivity index (χ1v) is 5.11. The fourth-order valence-electron chi connectivity index (χ4n) is 1.67. The Morgan fingerprint density at radius 1 is 1.29 bits per heavy atom. The van der Waals surface area contributed by atoms with E-state index in [2.05, 4.69) is 14.7 Å².